The maximum atomic E-state index is 7.40. The summed E-state index contributed by atoms with van der Waals surface area (Å²) in [4.78, 5) is 0. The zero-order valence-corrected chi connectivity index (χ0v) is 11.3. The third-order valence-corrected chi connectivity index (χ3v) is 4.24. The van der Waals surface area contributed by atoms with Gasteiger partial charge in [0.25, 0.3) is 0 Å². The lowest BCUT2D eigenvalue weighted by Crippen LogP contribution is -2.14. The summed E-state index contributed by atoms with van der Waals surface area (Å²) in [7, 11) is 0. The lowest BCUT2D eigenvalue weighted by atomic mass is 9.77. The summed E-state index contributed by atoms with van der Waals surface area (Å²) in [5.74, 6) is 1.84. The third kappa shape index (κ3) is 3.12. The van der Waals surface area contributed by atoms with Gasteiger partial charge in [-0.2, -0.15) is 0 Å². The maximum Gasteiger partial charge on any atom is 0.122 e. The molecule has 0 atom stereocenters. The fraction of sp³-hybridized carbons (Fsp3) is 0.562. The number of nitrogens with one attached hydrogen (secondary N) is 1. The second kappa shape index (κ2) is 6.03. The predicted octanol–water partition coefficient (Wildman–Crippen LogP) is 4.04. The lowest BCUT2D eigenvalue weighted by molar-refractivity contribution is 0.308. The first-order chi connectivity index (χ1) is 8.70. The molecule has 1 aliphatic carbocycles. The van der Waals surface area contributed by atoms with Crippen molar-refractivity contribution in [2.75, 3.05) is 0 Å². The minimum atomic E-state index is 0.160. The van der Waals surface area contributed by atoms with E-state index in [1.807, 2.05) is 12.1 Å². The first-order valence-electron chi connectivity index (χ1n) is 7.15. The van der Waals surface area contributed by atoms with Crippen LogP contribution < -0.4 is 5.73 Å². The van der Waals surface area contributed by atoms with Crippen molar-refractivity contribution in [2.24, 2.45) is 11.7 Å². The smallest absolute Gasteiger partial charge is 0.122 e. The normalized spacial score (nSPS) is 23.8. The average Bonchev–Trinajstić information content (AvgIpc) is 2.40. The van der Waals surface area contributed by atoms with E-state index in [1.54, 1.807) is 0 Å². The van der Waals surface area contributed by atoms with Crippen molar-refractivity contribution >= 4 is 5.84 Å². The Hall–Kier alpha value is -1.31. The van der Waals surface area contributed by atoms with Gasteiger partial charge in [0, 0.05) is 5.56 Å². The molecule has 18 heavy (non-hydrogen) atoms. The van der Waals surface area contributed by atoms with E-state index in [0.717, 1.165) is 17.4 Å². The molecule has 3 N–H and O–H groups in total. The van der Waals surface area contributed by atoms with E-state index in [1.165, 1.54) is 44.1 Å². The standard InChI is InChI=1S/C16H24N2/c1-2-3-12-4-6-13(7-5-12)14-8-10-15(11-9-14)16(17)18/h8-13H,2-7H2,1H3,(H3,17,18). The van der Waals surface area contributed by atoms with Gasteiger partial charge < -0.3 is 5.73 Å². The Morgan fingerprint density at radius 1 is 1.17 bits per heavy atom. The van der Waals surface area contributed by atoms with Crippen LogP contribution in [0.15, 0.2) is 24.3 Å². The van der Waals surface area contributed by atoms with Crippen molar-refractivity contribution in [3.63, 3.8) is 0 Å². The number of nitrogen functional groups attached to an aromatic ring is 1. The van der Waals surface area contributed by atoms with Gasteiger partial charge in [0.05, 0.1) is 0 Å². The predicted molar refractivity (Wildman–Crippen MR) is 77.1 cm³/mol. The molecule has 1 saturated carbocycles. The third-order valence-electron chi connectivity index (χ3n) is 4.24. The maximum absolute atomic E-state index is 7.40. The van der Waals surface area contributed by atoms with Crippen LogP contribution in [0.5, 0.6) is 0 Å². The fourth-order valence-electron chi connectivity index (χ4n) is 3.13. The van der Waals surface area contributed by atoms with E-state index in [9.17, 15) is 0 Å². The number of hydrogen-bond donors (Lipinski definition) is 2. The second-order valence-electron chi connectivity index (χ2n) is 5.54. The monoisotopic (exact) mass is 244 g/mol. The van der Waals surface area contributed by atoms with Crippen LogP contribution in [0.25, 0.3) is 0 Å². The topological polar surface area (TPSA) is 49.9 Å². The molecule has 0 unspecified atom stereocenters. The van der Waals surface area contributed by atoms with Crippen molar-refractivity contribution in [2.45, 2.75) is 51.4 Å². The Kier molecular flexibility index (Phi) is 4.40. The zero-order chi connectivity index (χ0) is 13.0. The van der Waals surface area contributed by atoms with Crippen LogP contribution in [0.1, 0.15) is 62.5 Å². The summed E-state index contributed by atoms with van der Waals surface area (Å²) in [6.45, 7) is 2.28. The molecule has 0 bridgehead atoms. The fourth-order valence-corrected chi connectivity index (χ4v) is 3.13. The number of nitrogens with two attached hydrogens (primary N) is 1. The van der Waals surface area contributed by atoms with Crippen LogP contribution in [0, 0.1) is 11.3 Å². The van der Waals surface area contributed by atoms with E-state index in [0.29, 0.717) is 0 Å². The summed E-state index contributed by atoms with van der Waals surface area (Å²) in [5, 5.41) is 7.40. The molecule has 0 aliphatic heterocycles. The van der Waals surface area contributed by atoms with E-state index < -0.39 is 0 Å². The quantitative estimate of drug-likeness (QED) is 0.609. The molecule has 1 aromatic rings. The Balaban J connectivity index is 1.95. The Morgan fingerprint density at radius 3 is 2.28 bits per heavy atom. The van der Waals surface area contributed by atoms with Crippen LogP contribution in [0.4, 0.5) is 0 Å². The van der Waals surface area contributed by atoms with E-state index in [2.05, 4.69) is 19.1 Å². The highest BCUT2D eigenvalue weighted by Gasteiger charge is 2.21. The molecule has 2 rings (SSSR count). The number of amidine groups is 1. The van der Waals surface area contributed by atoms with E-state index >= 15 is 0 Å². The van der Waals surface area contributed by atoms with Crippen molar-refractivity contribution in [3.8, 4) is 0 Å². The molecule has 2 heteroatoms. The molecule has 1 aromatic carbocycles. The summed E-state index contributed by atoms with van der Waals surface area (Å²) >= 11 is 0. The largest absolute Gasteiger partial charge is 0.384 e. The summed E-state index contributed by atoms with van der Waals surface area (Å²) in [5.41, 5.74) is 7.73. The van der Waals surface area contributed by atoms with Crippen molar-refractivity contribution in [1.29, 1.82) is 5.41 Å². The number of rotatable bonds is 4. The van der Waals surface area contributed by atoms with Gasteiger partial charge in [0.2, 0.25) is 0 Å². The van der Waals surface area contributed by atoms with Crippen LogP contribution >= 0.6 is 0 Å². The minimum Gasteiger partial charge on any atom is -0.384 e. The number of benzene rings is 1. The Morgan fingerprint density at radius 2 is 1.78 bits per heavy atom. The minimum absolute atomic E-state index is 0.160. The van der Waals surface area contributed by atoms with Crippen LogP contribution in [0.2, 0.25) is 0 Å². The average molecular weight is 244 g/mol. The van der Waals surface area contributed by atoms with E-state index in [4.69, 9.17) is 11.1 Å². The van der Waals surface area contributed by atoms with Crippen LogP contribution in [-0.4, -0.2) is 5.84 Å². The second-order valence-corrected chi connectivity index (χ2v) is 5.54. The highest BCUT2D eigenvalue weighted by Crippen LogP contribution is 2.37. The lowest BCUT2D eigenvalue weighted by Gasteiger charge is -2.28. The van der Waals surface area contributed by atoms with Gasteiger partial charge in [-0.15, -0.1) is 0 Å². The first kappa shape index (κ1) is 13.1. The zero-order valence-electron chi connectivity index (χ0n) is 11.3. The van der Waals surface area contributed by atoms with Gasteiger partial charge >= 0.3 is 0 Å². The Labute approximate surface area is 110 Å². The number of hydrogen-bond acceptors (Lipinski definition) is 1. The van der Waals surface area contributed by atoms with Gasteiger partial charge in [-0.3, -0.25) is 5.41 Å². The van der Waals surface area contributed by atoms with Gasteiger partial charge in [-0.25, -0.2) is 0 Å². The highest BCUT2D eigenvalue weighted by molar-refractivity contribution is 5.94. The molecule has 0 heterocycles. The van der Waals surface area contributed by atoms with Crippen molar-refractivity contribution < 1.29 is 0 Å². The molecular formula is C16H24N2. The van der Waals surface area contributed by atoms with Gasteiger partial charge in [0.1, 0.15) is 5.84 Å². The van der Waals surface area contributed by atoms with Crippen molar-refractivity contribution in [1.82, 2.24) is 0 Å². The first-order valence-corrected chi connectivity index (χ1v) is 7.15. The molecule has 98 valence electrons. The summed E-state index contributed by atoms with van der Waals surface area (Å²) < 4.78 is 0. The molecule has 0 aromatic heterocycles. The van der Waals surface area contributed by atoms with Gasteiger partial charge in [-0.1, -0.05) is 44.0 Å². The summed E-state index contributed by atoms with van der Waals surface area (Å²) in [6, 6.07) is 8.27. The van der Waals surface area contributed by atoms with Crippen LogP contribution in [-0.2, 0) is 0 Å². The molecule has 1 fully saturated rings. The molecule has 0 spiro atoms. The highest BCUT2D eigenvalue weighted by atomic mass is 14.7. The van der Waals surface area contributed by atoms with Crippen LogP contribution in [0.3, 0.4) is 0 Å². The molecule has 0 amide bonds. The molecule has 1 aliphatic rings. The Bertz CT molecular complexity index is 386. The molecular weight excluding hydrogens is 220 g/mol. The molecule has 2 nitrogen and oxygen atoms in total. The SMILES string of the molecule is CCCC1CCC(c2ccc(C(=N)N)cc2)CC1. The van der Waals surface area contributed by atoms with Gasteiger partial charge in [-0.05, 0) is 43.1 Å². The molecule has 0 radical (unpaired) electrons. The molecule has 0 saturated heterocycles. The van der Waals surface area contributed by atoms with Crippen molar-refractivity contribution in [3.05, 3.63) is 35.4 Å². The van der Waals surface area contributed by atoms with Gasteiger partial charge in [0.15, 0.2) is 0 Å². The summed E-state index contributed by atoms with van der Waals surface area (Å²) in [6.07, 6.45) is 8.13. The van der Waals surface area contributed by atoms with E-state index in [-0.39, 0.29) is 5.84 Å².